The Morgan fingerprint density at radius 2 is 2.17 bits per heavy atom. The van der Waals surface area contributed by atoms with Crippen LogP contribution in [0.15, 0.2) is 36.0 Å². The summed E-state index contributed by atoms with van der Waals surface area (Å²) in [5.74, 6) is 0.540. The van der Waals surface area contributed by atoms with E-state index in [1.54, 1.807) is 24.5 Å². The molecule has 0 saturated heterocycles. The van der Waals surface area contributed by atoms with E-state index in [1.165, 1.54) is 17.4 Å². The zero-order chi connectivity index (χ0) is 12.4. The van der Waals surface area contributed by atoms with Crippen molar-refractivity contribution in [1.82, 2.24) is 20.2 Å². The zero-order valence-corrected chi connectivity index (χ0v) is 9.91. The van der Waals surface area contributed by atoms with Gasteiger partial charge in [0.2, 0.25) is 5.95 Å². The summed E-state index contributed by atoms with van der Waals surface area (Å²) < 4.78 is 12.9. The maximum absolute atomic E-state index is 12.9. The lowest BCUT2D eigenvalue weighted by Crippen LogP contribution is -1.94. The summed E-state index contributed by atoms with van der Waals surface area (Å²) in [4.78, 5) is 8.07. The minimum Gasteiger partial charge on any atom is -0.324 e. The van der Waals surface area contributed by atoms with E-state index in [0.29, 0.717) is 11.6 Å². The Labute approximate surface area is 106 Å². The molecule has 0 aliphatic heterocycles. The average molecular weight is 261 g/mol. The summed E-state index contributed by atoms with van der Waals surface area (Å²) in [5.41, 5.74) is 0.917. The van der Waals surface area contributed by atoms with Gasteiger partial charge in [-0.1, -0.05) is 6.07 Å². The van der Waals surface area contributed by atoms with Crippen LogP contribution in [0.5, 0.6) is 0 Å². The van der Waals surface area contributed by atoms with E-state index in [0.717, 1.165) is 10.6 Å². The lowest BCUT2D eigenvalue weighted by molar-refractivity contribution is 0.585. The van der Waals surface area contributed by atoms with Gasteiger partial charge in [-0.05, 0) is 12.1 Å². The smallest absolute Gasteiger partial charge is 0.214 e. The third kappa shape index (κ3) is 2.21. The summed E-state index contributed by atoms with van der Waals surface area (Å²) in [5, 5.41) is 12.2. The monoisotopic (exact) mass is 261 g/mol. The van der Waals surface area contributed by atoms with Gasteiger partial charge in [0, 0.05) is 17.1 Å². The summed E-state index contributed by atoms with van der Waals surface area (Å²) in [6.45, 7) is 0. The molecule has 90 valence electrons. The maximum Gasteiger partial charge on any atom is 0.214 e. The van der Waals surface area contributed by atoms with E-state index < -0.39 is 5.95 Å². The van der Waals surface area contributed by atoms with Crippen molar-refractivity contribution in [2.45, 2.75) is 0 Å². The number of aromatic amines is 1. The molecule has 0 saturated carbocycles. The van der Waals surface area contributed by atoms with E-state index in [4.69, 9.17) is 0 Å². The van der Waals surface area contributed by atoms with Crippen LogP contribution >= 0.6 is 11.3 Å². The van der Waals surface area contributed by atoms with Crippen molar-refractivity contribution in [3.63, 3.8) is 0 Å². The van der Waals surface area contributed by atoms with E-state index in [9.17, 15) is 4.39 Å². The summed E-state index contributed by atoms with van der Waals surface area (Å²) in [6.07, 6.45) is 3.46. The highest BCUT2D eigenvalue weighted by Crippen LogP contribution is 2.26. The van der Waals surface area contributed by atoms with Crippen molar-refractivity contribution in [3.8, 4) is 10.6 Å². The van der Waals surface area contributed by atoms with Gasteiger partial charge >= 0.3 is 0 Å². The lowest BCUT2D eigenvalue weighted by atomic mass is 10.4. The fourth-order valence-corrected chi connectivity index (χ4v) is 2.17. The first-order valence-electron chi connectivity index (χ1n) is 5.15. The molecule has 7 heteroatoms. The van der Waals surface area contributed by atoms with Crippen LogP contribution in [0.2, 0.25) is 0 Å². The predicted molar refractivity (Wildman–Crippen MR) is 67.2 cm³/mol. The molecule has 3 heterocycles. The van der Waals surface area contributed by atoms with Crippen LogP contribution in [-0.2, 0) is 0 Å². The standard InChI is InChI=1S/C11H8FN5S/c12-8-2-1-3-9(15-8)16-10-6-18-11(17-10)7-4-13-14-5-7/h1-6H,(H,13,14)(H,15,16). The molecule has 0 spiro atoms. The van der Waals surface area contributed by atoms with Crippen LogP contribution in [0.3, 0.4) is 0 Å². The minimum absolute atomic E-state index is 0.430. The zero-order valence-electron chi connectivity index (χ0n) is 9.09. The summed E-state index contributed by atoms with van der Waals surface area (Å²) >= 11 is 1.48. The molecule has 0 atom stereocenters. The highest BCUT2D eigenvalue weighted by molar-refractivity contribution is 7.13. The van der Waals surface area contributed by atoms with Crippen LogP contribution in [0.25, 0.3) is 10.6 Å². The third-order valence-corrected chi connectivity index (χ3v) is 3.11. The fourth-order valence-electron chi connectivity index (χ4n) is 1.44. The van der Waals surface area contributed by atoms with Crippen LogP contribution in [0, 0.1) is 5.95 Å². The van der Waals surface area contributed by atoms with E-state index in [-0.39, 0.29) is 0 Å². The van der Waals surface area contributed by atoms with Gasteiger partial charge < -0.3 is 5.32 Å². The van der Waals surface area contributed by atoms with Crippen LogP contribution in [0.1, 0.15) is 0 Å². The van der Waals surface area contributed by atoms with E-state index in [2.05, 4.69) is 25.5 Å². The fraction of sp³-hybridized carbons (Fsp3) is 0. The third-order valence-electron chi connectivity index (χ3n) is 2.22. The van der Waals surface area contributed by atoms with Gasteiger partial charge in [-0.2, -0.15) is 9.49 Å². The van der Waals surface area contributed by atoms with E-state index in [1.807, 2.05) is 5.38 Å². The number of nitrogens with one attached hydrogen (secondary N) is 2. The summed E-state index contributed by atoms with van der Waals surface area (Å²) in [6, 6.07) is 4.57. The predicted octanol–water partition coefficient (Wildman–Crippen LogP) is 2.81. The van der Waals surface area contributed by atoms with Gasteiger partial charge in [-0.15, -0.1) is 11.3 Å². The normalized spacial score (nSPS) is 10.5. The molecule has 5 nitrogen and oxygen atoms in total. The van der Waals surface area contributed by atoms with Crippen LogP contribution < -0.4 is 5.32 Å². The first kappa shape index (κ1) is 10.8. The maximum atomic E-state index is 12.9. The Hall–Kier alpha value is -2.28. The van der Waals surface area contributed by atoms with Crippen molar-refractivity contribution >= 4 is 23.0 Å². The molecule has 0 aliphatic carbocycles. The Balaban J connectivity index is 1.82. The molecular formula is C11H8FN5S. The Bertz CT molecular complexity index is 649. The number of pyridine rings is 1. The van der Waals surface area contributed by atoms with Crippen molar-refractivity contribution < 1.29 is 4.39 Å². The minimum atomic E-state index is -0.523. The largest absolute Gasteiger partial charge is 0.324 e. The molecule has 18 heavy (non-hydrogen) atoms. The van der Waals surface area contributed by atoms with Gasteiger partial charge in [0.1, 0.15) is 16.6 Å². The number of aromatic nitrogens is 4. The number of thiazole rings is 1. The van der Waals surface area contributed by atoms with Crippen molar-refractivity contribution in [2.24, 2.45) is 0 Å². The topological polar surface area (TPSA) is 66.5 Å². The molecule has 3 aromatic heterocycles. The molecule has 3 aromatic rings. The molecule has 0 radical (unpaired) electrons. The first-order chi connectivity index (χ1) is 8.81. The molecule has 2 N–H and O–H groups in total. The molecule has 0 fully saturated rings. The van der Waals surface area contributed by atoms with Crippen molar-refractivity contribution in [2.75, 3.05) is 5.32 Å². The number of anilines is 2. The number of nitrogens with zero attached hydrogens (tertiary/aromatic N) is 3. The Morgan fingerprint density at radius 3 is 2.94 bits per heavy atom. The van der Waals surface area contributed by atoms with Crippen molar-refractivity contribution in [1.29, 1.82) is 0 Å². The number of hydrogen-bond donors (Lipinski definition) is 2. The Morgan fingerprint density at radius 1 is 1.22 bits per heavy atom. The van der Waals surface area contributed by atoms with Gasteiger partial charge in [0.25, 0.3) is 0 Å². The van der Waals surface area contributed by atoms with Gasteiger partial charge in [0.05, 0.1) is 6.20 Å². The number of hydrogen-bond acceptors (Lipinski definition) is 5. The average Bonchev–Trinajstić information content (AvgIpc) is 2.98. The van der Waals surface area contributed by atoms with Gasteiger partial charge in [0.15, 0.2) is 0 Å². The molecule has 0 amide bonds. The lowest BCUT2D eigenvalue weighted by Gasteiger charge is -2.00. The highest BCUT2D eigenvalue weighted by Gasteiger charge is 2.06. The molecular weight excluding hydrogens is 253 g/mol. The second-order valence-corrected chi connectivity index (χ2v) is 4.35. The van der Waals surface area contributed by atoms with Gasteiger partial charge in [-0.25, -0.2) is 9.97 Å². The Kier molecular flexibility index (Phi) is 2.73. The molecule has 0 unspecified atom stereocenters. The molecule has 3 rings (SSSR count). The highest BCUT2D eigenvalue weighted by atomic mass is 32.1. The van der Waals surface area contributed by atoms with Crippen molar-refractivity contribution in [3.05, 3.63) is 41.9 Å². The summed E-state index contributed by atoms with van der Waals surface area (Å²) in [7, 11) is 0. The van der Waals surface area contributed by atoms with Gasteiger partial charge in [-0.3, -0.25) is 5.10 Å². The van der Waals surface area contributed by atoms with E-state index >= 15 is 0 Å². The van der Waals surface area contributed by atoms with Crippen LogP contribution in [0.4, 0.5) is 16.0 Å². The first-order valence-corrected chi connectivity index (χ1v) is 6.03. The molecule has 0 aromatic carbocycles. The molecule has 0 bridgehead atoms. The second-order valence-electron chi connectivity index (χ2n) is 3.50. The number of rotatable bonds is 3. The number of halogens is 1. The number of H-pyrrole nitrogens is 1. The quantitative estimate of drug-likeness (QED) is 0.711. The second kappa shape index (κ2) is 4.53. The SMILES string of the molecule is Fc1cccc(Nc2csc(-c3cn[nH]c3)n2)n1. The molecule has 0 aliphatic rings. The van der Waals surface area contributed by atoms with Crippen LogP contribution in [-0.4, -0.2) is 20.2 Å².